The van der Waals surface area contributed by atoms with Crippen molar-refractivity contribution in [1.29, 1.82) is 0 Å². The van der Waals surface area contributed by atoms with Crippen molar-refractivity contribution in [3.05, 3.63) is 29.3 Å². The molecule has 0 spiro atoms. The predicted octanol–water partition coefficient (Wildman–Crippen LogP) is 2.35. The lowest BCUT2D eigenvalue weighted by molar-refractivity contribution is -0.122. The Labute approximate surface area is 124 Å². The van der Waals surface area contributed by atoms with Crippen LogP contribution in [0.1, 0.15) is 25.7 Å². The van der Waals surface area contributed by atoms with E-state index >= 15 is 0 Å². The van der Waals surface area contributed by atoms with Gasteiger partial charge in [-0.05, 0) is 37.4 Å². The number of amides is 1. The summed E-state index contributed by atoms with van der Waals surface area (Å²) in [5.41, 5.74) is 5.70. The summed E-state index contributed by atoms with van der Waals surface area (Å²) in [6.45, 7) is 0.969. The quantitative estimate of drug-likeness (QED) is 0.847. The minimum absolute atomic E-state index is 0.0161. The van der Waals surface area contributed by atoms with E-state index in [9.17, 15) is 4.79 Å². The molecule has 4 nitrogen and oxygen atoms in total. The molecule has 20 heavy (non-hydrogen) atoms. The molecule has 0 heterocycles. The highest BCUT2D eigenvalue weighted by Crippen LogP contribution is 2.25. The van der Waals surface area contributed by atoms with Gasteiger partial charge in [0.2, 0.25) is 5.91 Å². The molecule has 5 heteroatoms. The van der Waals surface area contributed by atoms with Gasteiger partial charge < -0.3 is 15.8 Å². The van der Waals surface area contributed by atoms with E-state index in [1.807, 2.05) is 12.1 Å². The zero-order valence-electron chi connectivity index (χ0n) is 11.5. The molecule has 1 aromatic rings. The first kappa shape index (κ1) is 15.1. The smallest absolute Gasteiger partial charge is 0.223 e. The highest BCUT2D eigenvalue weighted by atomic mass is 35.5. The normalized spacial score (nSPS) is 21.7. The monoisotopic (exact) mass is 296 g/mol. The van der Waals surface area contributed by atoms with Crippen molar-refractivity contribution >= 4 is 17.5 Å². The van der Waals surface area contributed by atoms with Crippen molar-refractivity contribution in [2.45, 2.75) is 31.7 Å². The molecule has 110 valence electrons. The van der Waals surface area contributed by atoms with Crippen LogP contribution in [0.5, 0.6) is 5.75 Å². The van der Waals surface area contributed by atoms with Crippen LogP contribution in [0.4, 0.5) is 0 Å². The van der Waals surface area contributed by atoms with Gasteiger partial charge >= 0.3 is 0 Å². The van der Waals surface area contributed by atoms with Gasteiger partial charge in [-0.25, -0.2) is 0 Å². The summed E-state index contributed by atoms with van der Waals surface area (Å²) in [5.74, 6) is 1.05. The molecular formula is C15H21ClN2O2. The number of nitrogens with two attached hydrogens (primary N) is 1. The molecule has 1 amide bonds. The molecule has 1 aliphatic carbocycles. The second-order valence-electron chi connectivity index (χ2n) is 5.13. The first-order valence-corrected chi connectivity index (χ1v) is 7.45. The number of benzene rings is 1. The van der Waals surface area contributed by atoms with Crippen molar-refractivity contribution in [2.75, 3.05) is 13.2 Å². The van der Waals surface area contributed by atoms with Crippen LogP contribution in [-0.4, -0.2) is 25.1 Å². The highest BCUT2D eigenvalue weighted by Gasteiger charge is 2.27. The molecule has 0 radical (unpaired) electrons. The van der Waals surface area contributed by atoms with E-state index in [1.54, 1.807) is 12.1 Å². The highest BCUT2D eigenvalue weighted by molar-refractivity contribution is 6.32. The van der Waals surface area contributed by atoms with Crippen LogP contribution < -0.4 is 15.8 Å². The van der Waals surface area contributed by atoms with E-state index in [-0.39, 0.29) is 11.9 Å². The molecule has 0 bridgehead atoms. The van der Waals surface area contributed by atoms with E-state index in [1.165, 1.54) is 0 Å². The maximum atomic E-state index is 11.9. The van der Waals surface area contributed by atoms with Gasteiger partial charge in [-0.2, -0.15) is 0 Å². The molecule has 1 aromatic carbocycles. The zero-order chi connectivity index (χ0) is 14.4. The van der Waals surface area contributed by atoms with Crippen molar-refractivity contribution < 1.29 is 9.53 Å². The van der Waals surface area contributed by atoms with Crippen molar-refractivity contribution in [2.24, 2.45) is 11.7 Å². The second kappa shape index (κ2) is 7.50. The maximum Gasteiger partial charge on any atom is 0.223 e. The van der Waals surface area contributed by atoms with Crippen LogP contribution in [0.3, 0.4) is 0 Å². The Balaban J connectivity index is 1.72. The minimum Gasteiger partial charge on any atom is -0.491 e. The average Bonchev–Trinajstić information content (AvgIpc) is 2.88. The number of carbonyl (C=O) groups is 1. The zero-order valence-corrected chi connectivity index (χ0v) is 12.2. The lowest BCUT2D eigenvalue weighted by Gasteiger charge is -2.19. The Morgan fingerprint density at radius 3 is 2.95 bits per heavy atom. The number of rotatable bonds is 6. The van der Waals surface area contributed by atoms with E-state index in [4.69, 9.17) is 22.1 Å². The summed E-state index contributed by atoms with van der Waals surface area (Å²) >= 11 is 5.98. The molecule has 2 unspecified atom stereocenters. The van der Waals surface area contributed by atoms with E-state index in [0.29, 0.717) is 36.3 Å². The summed E-state index contributed by atoms with van der Waals surface area (Å²) in [4.78, 5) is 11.9. The van der Waals surface area contributed by atoms with Gasteiger partial charge in [0.1, 0.15) is 5.75 Å². The van der Waals surface area contributed by atoms with Gasteiger partial charge in [0, 0.05) is 6.04 Å². The molecule has 1 saturated carbocycles. The Morgan fingerprint density at radius 2 is 2.20 bits per heavy atom. The number of halogens is 1. The number of ether oxygens (including phenoxy) is 1. The number of carbonyl (C=O) groups excluding carboxylic acids is 1. The fourth-order valence-corrected chi connectivity index (χ4v) is 2.79. The molecule has 0 aromatic heterocycles. The Morgan fingerprint density at radius 1 is 1.40 bits per heavy atom. The fourth-order valence-electron chi connectivity index (χ4n) is 2.60. The largest absolute Gasteiger partial charge is 0.491 e. The summed E-state index contributed by atoms with van der Waals surface area (Å²) < 4.78 is 5.51. The third-order valence-electron chi connectivity index (χ3n) is 3.73. The second-order valence-corrected chi connectivity index (χ2v) is 5.54. The van der Waals surface area contributed by atoms with E-state index < -0.39 is 0 Å². The van der Waals surface area contributed by atoms with Crippen molar-refractivity contribution in [3.63, 3.8) is 0 Å². The van der Waals surface area contributed by atoms with Gasteiger partial charge in [-0.1, -0.05) is 30.2 Å². The van der Waals surface area contributed by atoms with Crippen LogP contribution >= 0.6 is 11.6 Å². The summed E-state index contributed by atoms with van der Waals surface area (Å²) in [6.07, 6.45) is 3.61. The maximum absolute atomic E-state index is 11.9. The Hall–Kier alpha value is -1.26. The van der Waals surface area contributed by atoms with E-state index in [2.05, 4.69) is 5.32 Å². The molecule has 1 aliphatic rings. The van der Waals surface area contributed by atoms with Gasteiger partial charge in [-0.15, -0.1) is 0 Å². The number of para-hydroxylation sites is 1. The molecule has 2 atom stereocenters. The van der Waals surface area contributed by atoms with Gasteiger partial charge in [0.15, 0.2) is 0 Å². The van der Waals surface area contributed by atoms with Gasteiger partial charge in [0.05, 0.1) is 18.1 Å². The number of nitrogens with one attached hydrogen (secondary N) is 1. The SMILES string of the molecule is NCC1CCCC1NC(=O)CCOc1ccccc1Cl. The van der Waals surface area contributed by atoms with Crippen molar-refractivity contribution in [3.8, 4) is 5.75 Å². The fraction of sp³-hybridized carbons (Fsp3) is 0.533. The Bertz CT molecular complexity index is 453. The summed E-state index contributed by atoms with van der Waals surface area (Å²) in [5, 5.41) is 3.61. The van der Waals surface area contributed by atoms with Crippen LogP contribution in [0.15, 0.2) is 24.3 Å². The standard InChI is InChI=1S/C15H21ClN2O2/c16-12-5-1-2-7-14(12)20-9-8-15(19)18-13-6-3-4-11(13)10-17/h1-2,5,7,11,13H,3-4,6,8-10,17H2,(H,18,19). The average molecular weight is 297 g/mol. The third-order valence-corrected chi connectivity index (χ3v) is 4.04. The molecule has 0 saturated heterocycles. The summed E-state index contributed by atoms with van der Waals surface area (Å²) in [7, 11) is 0. The van der Waals surface area contributed by atoms with Crippen molar-refractivity contribution in [1.82, 2.24) is 5.32 Å². The first-order chi connectivity index (χ1) is 9.70. The predicted molar refractivity (Wildman–Crippen MR) is 79.9 cm³/mol. The molecule has 3 N–H and O–H groups in total. The first-order valence-electron chi connectivity index (χ1n) is 7.07. The van der Waals surface area contributed by atoms with Gasteiger partial charge in [0.25, 0.3) is 0 Å². The van der Waals surface area contributed by atoms with Crippen LogP contribution in [0, 0.1) is 5.92 Å². The van der Waals surface area contributed by atoms with E-state index in [0.717, 1.165) is 19.3 Å². The molecule has 2 rings (SSSR count). The topological polar surface area (TPSA) is 64.3 Å². The number of hydrogen-bond donors (Lipinski definition) is 2. The van der Waals surface area contributed by atoms with Crippen LogP contribution in [0.2, 0.25) is 5.02 Å². The minimum atomic E-state index is 0.0161. The van der Waals surface area contributed by atoms with Crippen LogP contribution in [0.25, 0.3) is 0 Å². The van der Waals surface area contributed by atoms with Crippen LogP contribution in [-0.2, 0) is 4.79 Å². The lowest BCUT2D eigenvalue weighted by Crippen LogP contribution is -2.40. The third kappa shape index (κ3) is 4.12. The molecular weight excluding hydrogens is 276 g/mol. The Kier molecular flexibility index (Phi) is 5.68. The molecule has 1 fully saturated rings. The lowest BCUT2D eigenvalue weighted by atomic mass is 10.0. The summed E-state index contributed by atoms with van der Waals surface area (Å²) in [6, 6.07) is 7.48. The van der Waals surface area contributed by atoms with Gasteiger partial charge in [-0.3, -0.25) is 4.79 Å². The number of hydrogen-bond acceptors (Lipinski definition) is 3. The molecule has 0 aliphatic heterocycles.